The lowest BCUT2D eigenvalue weighted by Gasteiger charge is -2.14. The van der Waals surface area contributed by atoms with Gasteiger partial charge in [0.2, 0.25) is 0 Å². The van der Waals surface area contributed by atoms with Crippen molar-refractivity contribution >= 4 is 16.9 Å². The number of carbonyl (C=O) groups is 1. The Morgan fingerprint density at radius 1 is 1.11 bits per heavy atom. The molecule has 0 radical (unpaired) electrons. The van der Waals surface area contributed by atoms with Gasteiger partial charge in [0.1, 0.15) is 5.75 Å². The third-order valence-corrected chi connectivity index (χ3v) is 4.14. The van der Waals surface area contributed by atoms with Crippen LogP contribution in [0.4, 0.5) is 4.39 Å². The molecule has 0 aliphatic rings. The van der Waals surface area contributed by atoms with Gasteiger partial charge in [-0.1, -0.05) is 13.3 Å². The van der Waals surface area contributed by atoms with E-state index in [1.807, 2.05) is 0 Å². The van der Waals surface area contributed by atoms with Crippen molar-refractivity contribution in [3.05, 3.63) is 54.0 Å². The molecule has 0 bridgehead atoms. The Balaban J connectivity index is 1.99. The Labute approximate surface area is 161 Å². The normalized spacial score (nSPS) is 10.7. The highest BCUT2D eigenvalue weighted by Crippen LogP contribution is 2.37. The van der Waals surface area contributed by atoms with Crippen LogP contribution in [0.15, 0.2) is 42.6 Å². The first-order valence-electron chi connectivity index (χ1n) is 8.83. The summed E-state index contributed by atoms with van der Waals surface area (Å²) in [5.41, 5.74) is 0.445. The largest absolute Gasteiger partial charge is 0.493 e. The lowest BCUT2D eigenvalue weighted by atomic mass is 10.1. The zero-order valence-corrected chi connectivity index (χ0v) is 15.6. The zero-order chi connectivity index (χ0) is 20.1. The molecule has 0 spiro atoms. The summed E-state index contributed by atoms with van der Waals surface area (Å²) in [4.78, 5) is 15.3. The number of methoxy groups -OCH3 is 1. The number of hydrogen-bond acceptors (Lipinski definition) is 5. The molecular formula is C21H20FNO5. The van der Waals surface area contributed by atoms with E-state index in [-0.39, 0.29) is 11.3 Å². The van der Waals surface area contributed by atoms with E-state index in [2.05, 4.69) is 11.9 Å². The minimum atomic E-state index is -1.21. The van der Waals surface area contributed by atoms with E-state index >= 15 is 0 Å². The van der Waals surface area contributed by atoms with Crippen LogP contribution in [-0.2, 0) is 0 Å². The molecule has 7 heteroatoms. The van der Waals surface area contributed by atoms with Gasteiger partial charge in [-0.15, -0.1) is 0 Å². The van der Waals surface area contributed by atoms with Crippen LogP contribution in [0.5, 0.6) is 23.0 Å². The molecule has 0 saturated carbocycles. The van der Waals surface area contributed by atoms with Gasteiger partial charge in [0.15, 0.2) is 23.1 Å². The predicted octanol–water partition coefficient (Wildman–Crippen LogP) is 5.05. The maximum atomic E-state index is 14.3. The lowest BCUT2D eigenvalue weighted by Crippen LogP contribution is -2.00. The van der Waals surface area contributed by atoms with Crippen LogP contribution >= 0.6 is 0 Å². The first kappa shape index (κ1) is 19.4. The van der Waals surface area contributed by atoms with Gasteiger partial charge < -0.3 is 19.3 Å². The molecule has 0 aliphatic carbocycles. The van der Waals surface area contributed by atoms with E-state index < -0.39 is 11.8 Å². The predicted molar refractivity (Wildman–Crippen MR) is 102 cm³/mol. The molecular weight excluding hydrogens is 365 g/mol. The zero-order valence-electron chi connectivity index (χ0n) is 15.6. The van der Waals surface area contributed by atoms with Crippen LogP contribution in [0.2, 0.25) is 0 Å². The second-order valence-corrected chi connectivity index (χ2v) is 6.08. The van der Waals surface area contributed by atoms with E-state index in [1.165, 1.54) is 18.3 Å². The number of nitrogens with zero attached hydrogens (tertiary/aromatic N) is 1. The summed E-state index contributed by atoms with van der Waals surface area (Å²) in [6, 6.07) is 8.57. The van der Waals surface area contributed by atoms with Crippen LogP contribution in [-0.4, -0.2) is 29.8 Å². The van der Waals surface area contributed by atoms with Gasteiger partial charge in [-0.2, -0.15) is 0 Å². The average Bonchev–Trinajstić information content (AvgIpc) is 2.69. The summed E-state index contributed by atoms with van der Waals surface area (Å²) in [5.74, 6) is -0.594. The second kappa shape index (κ2) is 8.56. The van der Waals surface area contributed by atoms with Crippen molar-refractivity contribution in [1.82, 2.24) is 4.98 Å². The molecule has 2 aromatic carbocycles. The summed E-state index contributed by atoms with van der Waals surface area (Å²) < 4.78 is 31.1. The topological polar surface area (TPSA) is 77.9 Å². The van der Waals surface area contributed by atoms with E-state index in [9.17, 15) is 9.18 Å². The fourth-order valence-electron chi connectivity index (χ4n) is 2.65. The first-order valence-corrected chi connectivity index (χ1v) is 8.83. The minimum absolute atomic E-state index is 0.0817. The van der Waals surface area contributed by atoms with Crippen LogP contribution in [0.1, 0.15) is 30.1 Å². The quantitative estimate of drug-likeness (QED) is 0.547. The van der Waals surface area contributed by atoms with E-state index in [0.717, 1.165) is 18.9 Å². The molecule has 1 heterocycles. The number of rotatable bonds is 8. The summed E-state index contributed by atoms with van der Waals surface area (Å²) >= 11 is 0. The summed E-state index contributed by atoms with van der Waals surface area (Å²) in [6.07, 6.45) is 3.44. The number of benzene rings is 2. The number of carboxylic acids is 1. The molecule has 0 fully saturated rings. The van der Waals surface area contributed by atoms with Gasteiger partial charge in [0, 0.05) is 17.6 Å². The molecule has 146 valence electrons. The van der Waals surface area contributed by atoms with Crippen molar-refractivity contribution in [3.8, 4) is 23.0 Å². The van der Waals surface area contributed by atoms with Gasteiger partial charge in [-0.3, -0.25) is 4.98 Å². The molecule has 1 aromatic heterocycles. The van der Waals surface area contributed by atoms with Crippen molar-refractivity contribution in [3.63, 3.8) is 0 Å². The van der Waals surface area contributed by atoms with Gasteiger partial charge >= 0.3 is 5.97 Å². The molecule has 3 rings (SSSR count). The Hall–Kier alpha value is -3.35. The van der Waals surface area contributed by atoms with E-state index in [1.54, 1.807) is 25.3 Å². The fraction of sp³-hybridized carbons (Fsp3) is 0.238. The van der Waals surface area contributed by atoms with Gasteiger partial charge in [-0.05, 0) is 36.8 Å². The van der Waals surface area contributed by atoms with Crippen molar-refractivity contribution < 1.29 is 28.5 Å². The molecule has 3 aromatic rings. The Kier molecular flexibility index (Phi) is 5.93. The third-order valence-electron chi connectivity index (χ3n) is 4.14. The molecule has 0 saturated heterocycles. The first-order chi connectivity index (χ1) is 13.5. The second-order valence-electron chi connectivity index (χ2n) is 6.08. The highest BCUT2D eigenvalue weighted by Gasteiger charge is 2.14. The molecule has 0 unspecified atom stereocenters. The number of fused-ring (bicyclic) bond motifs is 1. The van der Waals surface area contributed by atoms with E-state index in [0.29, 0.717) is 34.8 Å². The lowest BCUT2D eigenvalue weighted by molar-refractivity contribution is 0.0696. The summed E-state index contributed by atoms with van der Waals surface area (Å²) in [6.45, 7) is 2.61. The molecule has 0 aliphatic heterocycles. The number of pyridine rings is 1. The van der Waals surface area contributed by atoms with Crippen molar-refractivity contribution in [2.45, 2.75) is 19.8 Å². The highest BCUT2D eigenvalue weighted by molar-refractivity contribution is 5.89. The maximum Gasteiger partial charge on any atom is 0.335 e. The number of hydrogen-bond donors (Lipinski definition) is 1. The maximum absolute atomic E-state index is 14.3. The van der Waals surface area contributed by atoms with Crippen LogP contribution in [0.3, 0.4) is 0 Å². The number of ether oxygens (including phenoxy) is 3. The smallest absolute Gasteiger partial charge is 0.335 e. The van der Waals surface area contributed by atoms with E-state index in [4.69, 9.17) is 19.3 Å². The molecule has 1 N–H and O–H groups in total. The average molecular weight is 385 g/mol. The fourth-order valence-corrected chi connectivity index (χ4v) is 2.65. The molecule has 0 atom stereocenters. The number of aromatic nitrogens is 1. The Morgan fingerprint density at radius 3 is 2.61 bits per heavy atom. The highest BCUT2D eigenvalue weighted by atomic mass is 19.1. The SMILES string of the molecule is CCCCOc1cc2c(Oc3ccc(C(=O)O)cc3F)ccnc2cc1OC. The summed E-state index contributed by atoms with van der Waals surface area (Å²) in [5, 5.41) is 9.58. The number of carboxylic acid groups (broad SMARTS) is 1. The van der Waals surface area contributed by atoms with Crippen LogP contribution < -0.4 is 14.2 Å². The Bertz CT molecular complexity index is 1010. The van der Waals surface area contributed by atoms with Crippen molar-refractivity contribution in [2.75, 3.05) is 13.7 Å². The van der Waals surface area contributed by atoms with Gasteiger partial charge in [-0.25, -0.2) is 9.18 Å². The van der Waals surface area contributed by atoms with Crippen molar-refractivity contribution in [2.24, 2.45) is 0 Å². The number of unbranched alkanes of at least 4 members (excludes halogenated alkanes) is 1. The number of aromatic carboxylic acids is 1. The molecule has 0 amide bonds. The number of halogens is 1. The minimum Gasteiger partial charge on any atom is -0.493 e. The van der Waals surface area contributed by atoms with Crippen molar-refractivity contribution in [1.29, 1.82) is 0 Å². The summed E-state index contributed by atoms with van der Waals surface area (Å²) in [7, 11) is 1.55. The van der Waals surface area contributed by atoms with Gasteiger partial charge in [0.05, 0.1) is 24.8 Å². The van der Waals surface area contributed by atoms with Crippen LogP contribution in [0.25, 0.3) is 10.9 Å². The Morgan fingerprint density at radius 2 is 1.93 bits per heavy atom. The van der Waals surface area contributed by atoms with Crippen LogP contribution in [0, 0.1) is 5.82 Å². The third kappa shape index (κ3) is 4.14. The standard InChI is InChI=1S/C21H20FNO5/c1-3-4-9-27-20-11-14-16(12-19(20)26-2)23-8-7-17(14)28-18-6-5-13(21(24)25)10-15(18)22/h5-8,10-12H,3-4,9H2,1-2H3,(H,24,25). The molecule has 28 heavy (non-hydrogen) atoms. The monoisotopic (exact) mass is 385 g/mol. The molecule has 6 nitrogen and oxygen atoms in total. The van der Waals surface area contributed by atoms with Gasteiger partial charge in [0.25, 0.3) is 0 Å².